The SMILES string of the molecule is CN1CCC(Cn2ccc3c(NC(=O)c4ccc5ccccc5c4)cccc3c2=O)CC1. The lowest BCUT2D eigenvalue weighted by Crippen LogP contribution is -2.33. The number of piperidine rings is 1. The second-order valence-electron chi connectivity index (χ2n) is 8.80. The van der Waals surface area contributed by atoms with Crippen LogP contribution in [0.5, 0.6) is 0 Å². The topological polar surface area (TPSA) is 54.3 Å². The van der Waals surface area contributed by atoms with Gasteiger partial charge in [-0.25, -0.2) is 0 Å². The summed E-state index contributed by atoms with van der Waals surface area (Å²) in [6, 6.07) is 21.1. The highest BCUT2D eigenvalue weighted by molar-refractivity contribution is 6.10. The summed E-state index contributed by atoms with van der Waals surface area (Å²) in [6.07, 6.45) is 4.10. The summed E-state index contributed by atoms with van der Waals surface area (Å²) in [5, 5.41) is 6.53. The molecule has 0 atom stereocenters. The Balaban J connectivity index is 1.41. The molecule has 1 aromatic heterocycles. The van der Waals surface area contributed by atoms with E-state index in [-0.39, 0.29) is 11.5 Å². The molecule has 0 bridgehead atoms. The summed E-state index contributed by atoms with van der Waals surface area (Å²) in [7, 11) is 2.14. The number of nitrogens with zero attached hydrogens (tertiary/aromatic N) is 2. The van der Waals surface area contributed by atoms with Crippen LogP contribution in [-0.4, -0.2) is 35.5 Å². The normalized spacial score (nSPS) is 15.3. The fourth-order valence-electron chi connectivity index (χ4n) is 4.62. The highest BCUT2D eigenvalue weighted by atomic mass is 16.1. The van der Waals surface area contributed by atoms with E-state index in [4.69, 9.17) is 0 Å². The number of benzene rings is 3. The van der Waals surface area contributed by atoms with Gasteiger partial charge in [-0.2, -0.15) is 0 Å². The van der Waals surface area contributed by atoms with Gasteiger partial charge >= 0.3 is 0 Å². The Bertz CT molecular complexity index is 1350. The molecule has 2 heterocycles. The lowest BCUT2D eigenvalue weighted by Gasteiger charge is -2.29. The fourth-order valence-corrected chi connectivity index (χ4v) is 4.62. The quantitative estimate of drug-likeness (QED) is 0.513. The van der Waals surface area contributed by atoms with Crippen molar-refractivity contribution in [2.75, 3.05) is 25.5 Å². The lowest BCUT2D eigenvalue weighted by molar-refractivity contribution is 0.102. The van der Waals surface area contributed by atoms with Crippen LogP contribution in [0.3, 0.4) is 0 Å². The molecule has 0 spiro atoms. The number of hydrogen-bond acceptors (Lipinski definition) is 3. The Morgan fingerprint density at radius 2 is 1.72 bits per heavy atom. The number of fused-ring (bicyclic) bond motifs is 2. The van der Waals surface area contributed by atoms with Crippen molar-refractivity contribution < 1.29 is 4.79 Å². The number of hydrogen-bond donors (Lipinski definition) is 1. The molecule has 0 unspecified atom stereocenters. The van der Waals surface area contributed by atoms with Crippen LogP contribution in [0.15, 0.2) is 77.7 Å². The number of amides is 1. The molecule has 162 valence electrons. The molecule has 5 heteroatoms. The van der Waals surface area contributed by atoms with Crippen LogP contribution in [0.2, 0.25) is 0 Å². The number of aromatic nitrogens is 1. The predicted octanol–water partition coefficient (Wildman–Crippen LogP) is 4.75. The van der Waals surface area contributed by atoms with Crippen molar-refractivity contribution in [3.63, 3.8) is 0 Å². The maximum atomic E-state index is 13.2. The van der Waals surface area contributed by atoms with Gasteiger partial charge in [0, 0.05) is 34.8 Å². The van der Waals surface area contributed by atoms with Gasteiger partial charge in [0.1, 0.15) is 0 Å². The Labute approximate surface area is 187 Å². The third-order valence-corrected chi connectivity index (χ3v) is 6.57. The minimum Gasteiger partial charge on any atom is -0.321 e. The molecule has 5 rings (SSSR count). The van der Waals surface area contributed by atoms with Crippen molar-refractivity contribution in [3.05, 3.63) is 88.8 Å². The van der Waals surface area contributed by atoms with E-state index < -0.39 is 0 Å². The van der Waals surface area contributed by atoms with E-state index >= 15 is 0 Å². The smallest absolute Gasteiger partial charge is 0.258 e. The van der Waals surface area contributed by atoms with Gasteiger partial charge in [-0.15, -0.1) is 0 Å². The largest absolute Gasteiger partial charge is 0.321 e. The molecule has 1 fully saturated rings. The maximum absolute atomic E-state index is 13.2. The van der Waals surface area contributed by atoms with Crippen molar-refractivity contribution in [1.82, 2.24) is 9.47 Å². The zero-order valence-electron chi connectivity index (χ0n) is 18.3. The molecule has 1 saturated heterocycles. The van der Waals surface area contributed by atoms with Gasteiger partial charge in [-0.3, -0.25) is 9.59 Å². The number of likely N-dealkylation sites (tertiary alicyclic amines) is 1. The lowest BCUT2D eigenvalue weighted by atomic mass is 9.97. The van der Waals surface area contributed by atoms with E-state index in [0.717, 1.165) is 48.6 Å². The number of rotatable bonds is 4. The van der Waals surface area contributed by atoms with Gasteiger partial charge in [-0.1, -0.05) is 36.4 Å². The van der Waals surface area contributed by atoms with Crippen LogP contribution in [0.25, 0.3) is 21.5 Å². The molecule has 5 nitrogen and oxygen atoms in total. The summed E-state index contributed by atoms with van der Waals surface area (Å²) in [6.45, 7) is 2.91. The highest BCUT2D eigenvalue weighted by Crippen LogP contribution is 2.24. The molecule has 3 aromatic carbocycles. The number of carbonyl (C=O) groups is 1. The van der Waals surface area contributed by atoms with Crippen molar-refractivity contribution >= 4 is 33.1 Å². The van der Waals surface area contributed by atoms with Crippen molar-refractivity contribution in [2.45, 2.75) is 19.4 Å². The second kappa shape index (κ2) is 8.60. The average Bonchev–Trinajstić information content (AvgIpc) is 2.82. The van der Waals surface area contributed by atoms with E-state index in [1.54, 1.807) is 0 Å². The molecule has 1 amide bonds. The molecule has 0 radical (unpaired) electrons. The van der Waals surface area contributed by atoms with Crippen LogP contribution < -0.4 is 10.9 Å². The Hall–Kier alpha value is -3.44. The first-order valence-corrected chi connectivity index (χ1v) is 11.2. The van der Waals surface area contributed by atoms with Gasteiger partial charge in [-0.05, 0) is 80.0 Å². The van der Waals surface area contributed by atoms with Crippen molar-refractivity contribution in [1.29, 1.82) is 0 Å². The zero-order valence-corrected chi connectivity index (χ0v) is 18.3. The standard InChI is InChI=1S/C27H27N3O2/c1-29-14-11-19(12-15-29)18-30-16-13-23-24(27(30)32)7-4-8-25(23)28-26(31)22-10-9-20-5-2-3-6-21(20)17-22/h2-10,13,16-17,19H,11-12,14-15,18H2,1H3,(H,28,31). The summed E-state index contributed by atoms with van der Waals surface area (Å²) < 4.78 is 1.83. The summed E-state index contributed by atoms with van der Waals surface area (Å²) >= 11 is 0. The van der Waals surface area contributed by atoms with Gasteiger partial charge in [0.15, 0.2) is 0 Å². The number of anilines is 1. The number of carbonyl (C=O) groups excluding carboxylic acids is 1. The van der Waals surface area contributed by atoms with Crippen LogP contribution in [0.1, 0.15) is 23.2 Å². The molecule has 1 aliphatic heterocycles. The Kier molecular flexibility index (Phi) is 5.50. The van der Waals surface area contributed by atoms with Crippen LogP contribution >= 0.6 is 0 Å². The van der Waals surface area contributed by atoms with E-state index in [9.17, 15) is 9.59 Å². The minimum absolute atomic E-state index is 0.00299. The van der Waals surface area contributed by atoms with Gasteiger partial charge in [0.05, 0.1) is 0 Å². The summed E-state index contributed by atoms with van der Waals surface area (Å²) in [4.78, 5) is 28.4. The zero-order chi connectivity index (χ0) is 22.1. The Morgan fingerprint density at radius 1 is 0.938 bits per heavy atom. The highest BCUT2D eigenvalue weighted by Gasteiger charge is 2.18. The predicted molar refractivity (Wildman–Crippen MR) is 130 cm³/mol. The molecule has 1 N–H and O–H groups in total. The minimum atomic E-state index is -0.182. The number of nitrogens with one attached hydrogen (secondary N) is 1. The first-order chi connectivity index (χ1) is 15.6. The molecule has 4 aromatic rings. The average molecular weight is 426 g/mol. The van der Waals surface area contributed by atoms with E-state index in [1.807, 2.05) is 77.5 Å². The fraction of sp³-hybridized carbons (Fsp3) is 0.259. The van der Waals surface area contributed by atoms with Crippen LogP contribution in [-0.2, 0) is 6.54 Å². The van der Waals surface area contributed by atoms with E-state index in [2.05, 4.69) is 17.3 Å². The first-order valence-electron chi connectivity index (χ1n) is 11.2. The monoisotopic (exact) mass is 425 g/mol. The molecule has 1 aliphatic rings. The molecule has 0 saturated carbocycles. The van der Waals surface area contributed by atoms with Crippen molar-refractivity contribution in [3.8, 4) is 0 Å². The molecule has 32 heavy (non-hydrogen) atoms. The van der Waals surface area contributed by atoms with E-state index in [0.29, 0.717) is 22.6 Å². The van der Waals surface area contributed by atoms with Gasteiger partial charge in [0.2, 0.25) is 0 Å². The van der Waals surface area contributed by atoms with Crippen molar-refractivity contribution in [2.24, 2.45) is 5.92 Å². The maximum Gasteiger partial charge on any atom is 0.258 e. The third-order valence-electron chi connectivity index (χ3n) is 6.57. The third kappa shape index (κ3) is 4.04. The number of pyridine rings is 1. The van der Waals surface area contributed by atoms with Crippen LogP contribution in [0.4, 0.5) is 5.69 Å². The Morgan fingerprint density at radius 3 is 2.53 bits per heavy atom. The summed E-state index contributed by atoms with van der Waals surface area (Å²) in [5.41, 5.74) is 1.25. The second-order valence-corrected chi connectivity index (χ2v) is 8.80. The molecular weight excluding hydrogens is 398 g/mol. The molecular formula is C27H27N3O2. The summed E-state index contributed by atoms with van der Waals surface area (Å²) in [5.74, 6) is 0.343. The first kappa shape index (κ1) is 20.5. The van der Waals surface area contributed by atoms with Gasteiger partial charge in [0.25, 0.3) is 11.5 Å². The van der Waals surface area contributed by atoms with Crippen LogP contribution in [0, 0.1) is 5.92 Å². The van der Waals surface area contributed by atoms with E-state index in [1.165, 1.54) is 0 Å². The molecule has 0 aliphatic carbocycles. The van der Waals surface area contributed by atoms with Gasteiger partial charge < -0.3 is 14.8 Å².